The zero-order valence-corrected chi connectivity index (χ0v) is 22.5. The molecule has 0 bridgehead atoms. The van der Waals surface area contributed by atoms with Crippen LogP contribution in [0.3, 0.4) is 0 Å². The van der Waals surface area contributed by atoms with Gasteiger partial charge in [-0.05, 0) is 50.5 Å². The Kier molecular flexibility index (Phi) is 6.78. The number of nitriles is 1. The molecule has 1 aliphatic heterocycles. The summed E-state index contributed by atoms with van der Waals surface area (Å²) in [6.07, 6.45) is -4.23. The van der Waals surface area contributed by atoms with E-state index in [0.29, 0.717) is 35.8 Å². The van der Waals surface area contributed by atoms with Crippen molar-refractivity contribution in [1.82, 2.24) is 15.1 Å². The number of nitrogens with zero attached hydrogens (tertiary/aromatic N) is 4. The Morgan fingerprint density at radius 1 is 1.18 bits per heavy atom. The maximum absolute atomic E-state index is 13.8. The normalized spacial score (nSPS) is 20.1. The number of methoxy groups -OCH3 is 1. The Morgan fingerprint density at radius 2 is 1.90 bits per heavy atom. The highest BCUT2D eigenvalue weighted by Crippen LogP contribution is 2.40. The number of carbonyl (C=O) groups is 1. The number of amides is 1. The second-order valence-corrected chi connectivity index (χ2v) is 12.2. The summed E-state index contributed by atoms with van der Waals surface area (Å²) in [5, 5.41) is 15.4. The molecule has 1 aliphatic carbocycles. The van der Waals surface area contributed by atoms with Gasteiger partial charge in [-0.25, -0.2) is 13.1 Å². The smallest absolute Gasteiger partial charge is 0.417 e. The number of sulfone groups is 1. The molecular weight excluding hydrogens is 547 g/mol. The summed E-state index contributed by atoms with van der Waals surface area (Å²) in [7, 11) is -3.02. The van der Waals surface area contributed by atoms with Gasteiger partial charge in [0.1, 0.15) is 23.1 Å². The van der Waals surface area contributed by atoms with Gasteiger partial charge in [-0.3, -0.25) is 4.79 Å². The number of nitrogens with one attached hydrogen (secondary N) is 1. The first-order chi connectivity index (χ1) is 18.9. The molecule has 5 rings (SSSR count). The molecule has 13 heteroatoms. The van der Waals surface area contributed by atoms with Crippen molar-refractivity contribution in [3.63, 3.8) is 0 Å². The highest BCUT2D eigenvalue weighted by molar-refractivity contribution is 7.92. The first-order valence-corrected chi connectivity index (χ1v) is 14.0. The monoisotopic (exact) mass is 573 g/mol. The minimum Gasteiger partial charge on any atom is -0.497 e. The number of ether oxygens (including phenoxy) is 1. The molecule has 2 aromatic carbocycles. The fraction of sp³-hybridized carbons (Fsp3) is 0.370. The summed E-state index contributed by atoms with van der Waals surface area (Å²) < 4.78 is 75.5. The second kappa shape index (κ2) is 9.85. The molecule has 1 saturated carbocycles. The van der Waals surface area contributed by atoms with Crippen molar-refractivity contribution in [2.75, 3.05) is 18.6 Å². The number of aryl methyl sites for hydroxylation is 1. The number of hydrogen-bond acceptors (Lipinski definition) is 7. The standard InChI is InChI=1S/C27H26F3N5O4S/c1-17-12-24(35(33-17)18-6-5-7-19(13-18)39-2)34-15-20(14-22(34)25(36)32-26(16-31)10-11-26)40(37,38)23-9-4-3-8-21(23)27(28,29)30/h3-9,12-13,20,22H,10-11,14-15H2,1-2H3,(H,32,36)/t20-,22-/m1/s1. The molecule has 2 aliphatic rings. The average Bonchev–Trinajstić information content (AvgIpc) is 3.36. The van der Waals surface area contributed by atoms with Crippen LogP contribution in [-0.4, -0.2) is 54.6 Å². The van der Waals surface area contributed by atoms with E-state index in [1.165, 1.54) is 17.9 Å². The van der Waals surface area contributed by atoms with Crippen LogP contribution in [0.5, 0.6) is 5.75 Å². The predicted molar refractivity (Wildman–Crippen MR) is 139 cm³/mol. The van der Waals surface area contributed by atoms with Gasteiger partial charge in [-0.2, -0.15) is 23.5 Å². The van der Waals surface area contributed by atoms with E-state index in [4.69, 9.17) is 4.74 Å². The summed E-state index contributed by atoms with van der Waals surface area (Å²) >= 11 is 0. The van der Waals surface area contributed by atoms with Gasteiger partial charge in [0.25, 0.3) is 0 Å². The lowest BCUT2D eigenvalue weighted by Crippen LogP contribution is -2.48. The summed E-state index contributed by atoms with van der Waals surface area (Å²) in [6, 6.07) is 13.7. The van der Waals surface area contributed by atoms with Crippen molar-refractivity contribution in [1.29, 1.82) is 5.26 Å². The Morgan fingerprint density at radius 3 is 2.55 bits per heavy atom. The van der Waals surface area contributed by atoms with E-state index >= 15 is 0 Å². The number of hydrogen-bond donors (Lipinski definition) is 1. The van der Waals surface area contributed by atoms with Gasteiger partial charge < -0.3 is 15.0 Å². The van der Waals surface area contributed by atoms with E-state index in [1.807, 2.05) is 0 Å². The number of carbonyl (C=O) groups excluding carboxylic acids is 1. The zero-order chi connectivity index (χ0) is 28.9. The van der Waals surface area contributed by atoms with Crippen molar-refractivity contribution in [2.45, 2.75) is 54.1 Å². The van der Waals surface area contributed by atoms with Crippen molar-refractivity contribution < 1.29 is 31.1 Å². The van der Waals surface area contributed by atoms with Gasteiger partial charge in [0.15, 0.2) is 9.84 Å². The largest absolute Gasteiger partial charge is 0.497 e. The fourth-order valence-corrected chi connectivity index (χ4v) is 6.89. The number of rotatable bonds is 7. The third-order valence-electron chi connectivity index (χ3n) is 7.23. The van der Waals surface area contributed by atoms with Gasteiger partial charge >= 0.3 is 6.18 Å². The molecule has 0 unspecified atom stereocenters. The maximum atomic E-state index is 13.8. The number of alkyl halides is 3. The molecule has 1 aromatic heterocycles. The van der Waals surface area contributed by atoms with Gasteiger partial charge in [0, 0.05) is 18.7 Å². The Labute approximate surface area is 229 Å². The molecule has 0 radical (unpaired) electrons. The maximum Gasteiger partial charge on any atom is 0.417 e. The van der Waals surface area contributed by atoms with Crippen LogP contribution in [0, 0.1) is 18.3 Å². The van der Waals surface area contributed by atoms with Crippen LogP contribution in [0.25, 0.3) is 5.69 Å². The first-order valence-electron chi connectivity index (χ1n) is 12.5. The second-order valence-electron chi connectivity index (χ2n) is 10.0. The van der Waals surface area contributed by atoms with Gasteiger partial charge in [0.2, 0.25) is 5.91 Å². The van der Waals surface area contributed by atoms with Gasteiger partial charge in [-0.15, -0.1) is 0 Å². The molecule has 40 heavy (non-hydrogen) atoms. The third-order valence-corrected chi connectivity index (χ3v) is 9.42. The molecule has 0 spiro atoms. The first kappa shape index (κ1) is 27.5. The number of benzene rings is 2. The molecule has 2 heterocycles. The Balaban J connectivity index is 1.58. The van der Waals surface area contributed by atoms with Crippen molar-refractivity contribution in [3.8, 4) is 17.5 Å². The Bertz CT molecular complexity index is 1610. The van der Waals surface area contributed by atoms with Crippen LogP contribution in [0.4, 0.5) is 19.0 Å². The van der Waals surface area contributed by atoms with Crippen LogP contribution in [0.15, 0.2) is 59.5 Å². The van der Waals surface area contributed by atoms with Gasteiger partial charge in [-0.1, -0.05) is 18.2 Å². The van der Waals surface area contributed by atoms with Crippen LogP contribution >= 0.6 is 0 Å². The van der Waals surface area contributed by atoms with Crippen LogP contribution in [0.2, 0.25) is 0 Å². The predicted octanol–water partition coefficient (Wildman–Crippen LogP) is 3.80. The molecule has 3 aromatic rings. The average molecular weight is 574 g/mol. The topological polar surface area (TPSA) is 117 Å². The molecule has 1 amide bonds. The van der Waals surface area contributed by atoms with Crippen molar-refractivity contribution in [3.05, 3.63) is 65.9 Å². The molecule has 1 saturated heterocycles. The van der Waals surface area contributed by atoms with E-state index < -0.39 is 49.2 Å². The van der Waals surface area contributed by atoms with E-state index in [-0.39, 0.29) is 13.0 Å². The van der Waals surface area contributed by atoms with E-state index in [2.05, 4.69) is 16.5 Å². The lowest BCUT2D eigenvalue weighted by molar-refractivity contribution is -0.139. The summed E-state index contributed by atoms with van der Waals surface area (Å²) in [5.74, 6) is 0.354. The van der Waals surface area contributed by atoms with Crippen molar-refractivity contribution >= 4 is 21.6 Å². The van der Waals surface area contributed by atoms with E-state index in [1.54, 1.807) is 42.2 Å². The molecule has 2 fully saturated rings. The lowest BCUT2D eigenvalue weighted by atomic mass is 10.1. The molecule has 210 valence electrons. The quantitative estimate of drug-likeness (QED) is 0.457. The summed E-state index contributed by atoms with van der Waals surface area (Å²) in [4.78, 5) is 14.2. The minimum absolute atomic E-state index is 0.263. The minimum atomic E-state index is -4.88. The third kappa shape index (κ3) is 4.99. The summed E-state index contributed by atoms with van der Waals surface area (Å²) in [6.45, 7) is 1.47. The van der Waals surface area contributed by atoms with Crippen molar-refractivity contribution in [2.24, 2.45) is 0 Å². The van der Waals surface area contributed by atoms with Gasteiger partial charge in [0.05, 0.1) is 40.3 Å². The molecule has 9 nitrogen and oxygen atoms in total. The zero-order valence-electron chi connectivity index (χ0n) is 21.6. The van der Waals surface area contributed by atoms with Crippen LogP contribution in [0.1, 0.15) is 30.5 Å². The Hall–Kier alpha value is -4.05. The van der Waals surface area contributed by atoms with E-state index in [0.717, 1.165) is 18.2 Å². The SMILES string of the molecule is COc1cccc(-n2nc(C)cc2N2C[C@H](S(=O)(=O)c3ccccc3C(F)(F)F)C[C@@H]2C(=O)NC2(C#N)CC2)c1. The van der Waals surface area contributed by atoms with E-state index in [9.17, 15) is 31.6 Å². The number of anilines is 1. The summed E-state index contributed by atoms with van der Waals surface area (Å²) in [5.41, 5.74) is -1.13. The highest BCUT2D eigenvalue weighted by atomic mass is 32.2. The molecular formula is C27H26F3N5O4S. The number of halogens is 3. The fourth-order valence-electron chi connectivity index (χ4n) is 4.98. The number of aromatic nitrogens is 2. The van der Waals surface area contributed by atoms with Crippen LogP contribution in [-0.2, 0) is 20.8 Å². The highest BCUT2D eigenvalue weighted by Gasteiger charge is 2.51. The molecule has 2 atom stereocenters. The van der Waals surface area contributed by atoms with Crippen LogP contribution < -0.4 is 15.0 Å². The lowest BCUT2D eigenvalue weighted by Gasteiger charge is -2.27. The molecule has 1 N–H and O–H groups in total.